The molecule has 5 nitrogen and oxygen atoms in total. The highest BCUT2D eigenvalue weighted by molar-refractivity contribution is 5.99. The van der Waals surface area contributed by atoms with Crippen LogP contribution in [0.3, 0.4) is 0 Å². The molecule has 130 valence electrons. The van der Waals surface area contributed by atoms with E-state index < -0.39 is 5.95 Å². The van der Waals surface area contributed by atoms with Crippen LogP contribution in [0.4, 0.5) is 21.5 Å². The summed E-state index contributed by atoms with van der Waals surface area (Å²) in [6.07, 6.45) is 2.79. The molecule has 27 heavy (non-hydrogen) atoms. The van der Waals surface area contributed by atoms with Crippen molar-refractivity contribution < 1.29 is 9.50 Å². The number of fused-ring (bicyclic) bond motifs is 1. The molecule has 6 heteroatoms. The summed E-state index contributed by atoms with van der Waals surface area (Å²) in [5.74, 6) is -0.526. The van der Waals surface area contributed by atoms with Gasteiger partial charge < -0.3 is 10.0 Å². The SMILES string of the molecule is N#Cc1cnc2cnc(F)cc2c1N(c1ccccc1)c1ccc(O)cc1. The van der Waals surface area contributed by atoms with Crippen LogP contribution < -0.4 is 4.90 Å². The normalized spacial score (nSPS) is 10.5. The standard InChI is InChI=1S/C21H13FN4O/c22-20-10-18-19(13-25-20)24-12-14(11-23)21(18)26(15-4-2-1-3-5-15)16-6-8-17(27)9-7-16/h1-10,12-13,27H. The average molecular weight is 356 g/mol. The molecule has 0 saturated heterocycles. The van der Waals surface area contributed by atoms with Gasteiger partial charge in [-0.25, -0.2) is 4.98 Å². The zero-order valence-corrected chi connectivity index (χ0v) is 14.0. The first kappa shape index (κ1) is 16.5. The number of aromatic nitrogens is 2. The van der Waals surface area contributed by atoms with Crippen LogP contribution in [0.5, 0.6) is 5.75 Å². The van der Waals surface area contributed by atoms with Crippen molar-refractivity contribution in [3.8, 4) is 11.8 Å². The summed E-state index contributed by atoms with van der Waals surface area (Å²) < 4.78 is 13.9. The number of nitrogens with zero attached hydrogens (tertiary/aromatic N) is 4. The lowest BCUT2D eigenvalue weighted by Crippen LogP contribution is -2.12. The van der Waals surface area contributed by atoms with Gasteiger partial charge in [-0.15, -0.1) is 0 Å². The number of para-hydroxylation sites is 1. The van der Waals surface area contributed by atoms with Crippen molar-refractivity contribution in [3.63, 3.8) is 0 Å². The van der Waals surface area contributed by atoms with Crippen molar-refractivity contribution in [1.29, 1.82) is 5.26 Å². The summed E-state index contributed by atoms with van der Waals surface area (Å²) in [5, 5.41) is 19.8. The van der Waals surface area contributed by atoms with Crippen LogP contribution in [0.25, 0.3) is 10.9 Å². The number of hydrogen-bond acceptors (Lipinski definition) is 5. The Labute approximate surface area is 154 Å². The fourth-order valence-electron chi connectivity index (χ4n) is 2.96. The largest absolute Gasteiger partial charge is 0.508 e. The minimum absolute atomic E-state index is 0.127. The van der Waals surface area contributed by atoms with E-state index in [9.17, 15) is 14.8 Å². The number of benzene rings is 2. The fraction of sp³-hybridized carbons (Fsp3) is 0. The van der Waals surface area contributed by atoms with E-state index in [1.165, 1.54) is 18.5 Å². The van der Waals surface area contributed by atoms with Gasteiger partial charge in [0.2, 0.25) is 5.95 Å². The molecular weight excluding hydrogens is 343 g/mol. The number of phenols is 1. The second kappa shape index (κ2) is 6.73. The van der Waals surface area contributed by atoms with Crippen LogP contribution in [-0.2, 0) is 0 Å². The molecular formula is C21H13FN4O. The third-order valence-corrected chi connectivity index (χ3v) is 4.16. The van der Waals surface area contributed by atoms with Gasteiger partial charge in [0.25, 0.3) is 0 Å². The maximum absolute atomic E-state index is 13.9. The minimum Gasteiger partial charge on any atom is -0.508 e. The lowest BCUT2D eigenvalue weighted by atomic mass is 10.1. The molecule has 0 saturated carbocycles. The monoisotopic (exact) mass is 356 g/mol. The predicted molar refractivity (Wildman–Crippen MR) is 101 cm³/mol. The molecule has 0 spiro atoms. The number of phenolic OH excluding ortho intramolecular Hbond substituents is 1. The van der Waals surface area contributed by atoms with Gasteiger partial charge in [0, 0.05) is 29.0 Å². The molecule has 0 amide bonds. The highest BCUT2D eigenvalue weighted by Gasteiger charge is 2.20. The number of nitriles is 1. The molecule has 2 aromatic carbocycles. The molecule has 0 aliphatic rings. The molecule has 0 fully saturated rings. The Hall–Kier alpha value is -3.98. The maximum Gasteiger partial charge on any atom is 0.213 e. The Kier molecular flexibility index (Phi) is 4.11. The predicted octanol–water partition coefficient (Wildman–Crippen LogP) is 4.82. The molecule has 1 N–H and O–H groups in total. The number of pyridine rings is 2. The van der Waals surface area contributed by atoms with Crippen molar-refractivity contribution >= 4 is 28.0 Å². The van der Waals surface area contributed by atoms with Crippen LogP contribution in [0.2, 0.25) is 0 Å². The number of anilines is 3. The van der Waals surface area contributed by atoms with Gasteiger partial charge in [0.05, 0.1) is 23.0 Å². The summed E-state index contributed by atoms with van der Waals surface area (Å²) in [7, 11) is 0. The molecule has 0 aliphatic heterocycles. The molecule has 0 radical (unpaired) electrons. The van der Waals surface area contributed by atoms with Crippen LogP contribution in [0.1, 0.15) is 5.56 Å². The van der Waals surface area contributed by atoms with Crippen molar-refractivity contribution in [3.05, 3.63) is 84.6 Å². The lowest BCUT2D eigenvalue weighted by molar-refractivity contribution is 0.475. The van der Waals surface area contributed by atoms with E-state index in [2.05, 4.69) is 16.0 Å². The summed E-state index contributed by atoms with van der Waals surface area (Å²) in [5.41, 5.74) is 2.76. The van der Waals surface area contributed by atoms with Gasteiger partial charge >= 0.3 is 0 Å². The second-order valence-electron chi connectivity index (χ2n) is 5.84. The quantitative estimate of drug-likeness (QED) is 0.533. The third kappa shape index (κ3) is 3.02. The molecule has 4 aromatic rings. The third-order valence-electron chi connectivity index (χ3n) is 4.16. The molecule has 0 bridgehead atoms. The minimum atomic E-state index is -0.653. The van der Waals surface area contributed by atoms with E-state index >= 15 is 0 Å². The first-order valence-electron chi connectivity index (χ1n) is 8.16. The van der Waals surface area contributed by atoms with Crippen molar-refractivity contribution in [2.45, 2.75) is 0 Å². The summed E-state index contributed by atoms with van der Waals surface area (Å²) >= 11 is 0. The van der Waals surface area contributed by atoms with Crippen molar-refractivity contribution in [2.75, 3.05) is 4.90 Å². The van der Waals surface area contributed by atoms with Crippen LogP contribution >= 0.6 is 0 Å². The summed E-state index contributed by atoms with van der Waals surface area (Å²) in [6.45, 7) is 0. The molecule has 0 aliphatic carbocycles. The Balaban J connectivity index is 2.08. The Morgan fingerprint density at radius 1 is 0.926 bits per heavy atom. The first-order chi connectivity index (χ1) is 13.2. The number of aromatic hydroxyl groups is 1. The van der Waals surface area contributed by atoms with E-state index in [0.29, 0.717) is 27.8 Å². The Morgan fingerprint density at radius 3 is 2.33 bits per heavy atom. The Bertz CT molecular complexity index is 1150. The van der Waals surface area contributed by atoms with E-state index in [4.69, 9.17) is 0 Å². The van der Waals surface area contributed by atoms with Gasteiger partial charge in [-0.1, -0.05) is 18.2 Å². The van der Waals surface area contributed by atoms with Crippen molar-refractivity contribution in [2.24, 2.45) is 0 Å². The van der Waals surface area contributed by atoms with Crippen molar-refractivity contribution in [1.82, 2.24) is 9.97 Å². The number of halogens is 1. The number of hydrogen-bond donors (Lipinski definition) is 1. The second-order valence-corrected chi connectivity index (χ2v) is 5.84. The maximum atomic E-state index is 13.9. The molecule has 4 rings (SSSR count). The summed E-state index contributed by atoms with van der Waals surface area (Å²) in [6, 6.07) is 19.4. The lowest BCUT2D eigenvalue weighted by Gasteiger charge is -2.27. The van der Waals surface area contributed by atoms with Gasteiger partial charge in [0.15, 0.2) is 0 Å². The van der Waals surface area contributed by atoms with Crippen LogP contribution in [-0.4, -0.2) is 15.1 Å². The van der Waals surface area contributed by atoms with Gasteiger partial charge in [-0.3, -0.25) is 4.98 Å². The van der Waals surface area contributed by atoms with E-state index in [-0.39, 0.29) is 5.75 Å². The van der Waals surface area contributed by atoms with E-state index in [0.717, 1.165) is 5.69 Å². The van der Waals surface area contributed by atoms with Gasteiger partial charge in [-0.2, -0.15) is 9.65 Å². The average Bonchev–Trinajstić information content (AvgIpc) is 2.70. The van der Waals surface area contributed by atoms with E-state index in [1.54, 1.807) is 24.3 Å². The molecule has 0 atom stereocenters. The highest BCUT2D eigenvalue weighted by Crippen LogP contribution is 2.40. The molecule has 2 heterocycles. The zero-order valence-electron chi connectivity index (χ0n) is 14.0. The number of rotatable bonds is 3. The Morgan fingerprint density at radius 2 is 1.63 bits per heavy atom. The highest BCUT2D eigenvalue weighted by atomic mass is 19.1. The van der Waals surface area contributed by atoms with Crippen LogP contribution in [0.15, 0.2) is 73.1 Å². The first-order valence-corrected chi connectivity index (χ1v) is 8.16. The van der Waals surface area contributed by atoms with Crippen LogP contribution in [0, 0.1) is 17.3 Å². The zero-order chi connectivity index (χ0) is 18.8. The van der Waals surface area contributed by atoms with Gasteiger partial charge in [-0.05, 0) is 36.4 Å². The summed E-state index contributed by atoms with van der Waals surface area (Å²) in [4.78, 5) is 9.71. The fourth-order valence-corrected chi connectivity index (χ4v) is 2.96. The molecule has 2 aromatic heterocycles. The van der Waals surface area contributed by atoms with Gasteiger partial charge in [0.1, 0.15) is 11.8 Å². The smallest absolute Gasteiger partial charge is 0.213 e. The molecule has 0 unspecified atom stereocenters. The topological polar surface area (TPSA) is 73.0 Å². The van der Waals surface area contributed by atoms with E-state index in [1.807, 2.05) is 35.2 Å².